The van der Waals surface area contributed by atoms with E-state index in [0.29, 0.717) is 17.0 Å². The summed E-state index contributed by atoms with van der Waals surface area (Å²) in [6.45, 7) is 0. The zero-order valence-electron chi connectivity index (χ0n) is 17.1. The van der Waals surface area contributed by atoms with Crippen LogP contribution >= 0.6 is 7.60 Å². The first-order valence-electron chi connectivity index (χ1n) is 10.2. The van der Waals surface area contributed by atoms with Crippen molar-refractivity contribution in [1.82, 2.24) is 15.0 Å². The van der Waals surface area contributed by atoms with Gasteiger partial charge in [0.2, 0.25) is 5.78 Å². The van der Waals surface area contributed by atoms with E-state index in [1.54, 1.807) is 28.9 Å². The Labute approximate surface area is 185 Å². The van der Waals surface area contributed by atoms with Crippen molar-refractivity contribution in [2.45, 2.75) is 5.78 Å². The summed E-state index contributed by atoms with van der Waals surface area (Å²) < 4.78 is 28.6. The van der Waals surface area contributed by atoms with Gasteiger partial charge in [-0.05, 0) is 42.0 Å². The van der Waals surface area contributed by atoms with Crippen molar-refractivity contribution in [2.75, 3.05) is 0 Å². The van der Waals surface area contributed by atoms with E-state index in [-0.39, 0.29) is 0 Å². The molecule has 1 atom stereocenters. The van der Waals surface area contributed by atoms with Crippen LogP contribution in [0.3, 0.4) is 0 Å². The SMILES string of the molecule is O=P(Oc1ccccc1)(Oc1ccccc1)C(c1ccccc1)n1nnc2ccccc21. The highest BCUT2D eigenvalue weighted by Crippen LogP contribution is 2.60. The first-order valence-corrected chi connectivity index (χ1v) is 11.8. The standard InChI is InChI=1S/C25H20N3O3P/c29-32(30-21-14-6-2-7-15-21,31-22-16-8-3-9-17-22)25(20-12-4-1-5-13-20)28-24-19-11-10-18-23(24)26-27-28/h1-19,25H. The molecule has 5 rings (SSSR count). The molecule has 0 saturated heterocycles. The number of benzene rings is 4. The Kier molecular flexibility index (Phi) is 5.44. The van der Waals surface area contributed by atoms with E-state index in [1.807, 2.05) is 91.0 Å². The van der Waals surface area contributed by atoms with Crippen molar-refractivity contribution in [3.8, 4) is 11.5 Å². The average Bonchev–Trinajstić information content (AvgIpc) is 3.25. The largest absolute Gasteiger partial charge is 0.459 e. The minimum atomic E-state index is -3.93. The van der Waals surface area contributed by atoms with Gasteiger partial charge < -0.3 is 9.05 Å². The molecule has 1 aromatic heterocycles. The van der Waals surface area contributed by atoms with Gasteiger partial charge >= 0.3 is 7.60 Å². The van der Waals surface area contributed by atoms with Crippen LogP contribution in [0.4, 0.5) is 0 Å². The van der Waals surface area contributed by atoms with Crippen LogP contribution in [0.1, 0.15) is 11.3 Å². The van der Waals surface area contributed by atoms with Crippen LogP contribution in [0.2, 0.25) is 0 Å². The van der Waals surface area contributed by atoms with Gasteiger partial charge in [-0.25, -0.2) is 9.25 Å². The minimum Gasteiger partial charge on any atom is -0.414 e. The molecule has 0 spiro atoms. The molecule has 7 heteroatoms. The maximum Gasteiger partial charge on any atom is 0.459 e. The van der Waals surface area contributed by atoms with E-state index < -0.39 is 13.4 Å². The number of fused-ring (bicyclic) bond motifs is 1. The van der Waals surface area contributed by atoms with Gasteiger partial charge in [0.1, 0.15) is 17.0 Å². The molecule has 1 unspecified atom stereocenters. The summed E-state index contributed by atoms with van der Waals surface area (Å²) in [5.74, 6) is 0.0192. The summed E-state index contributed by atoms with van der Waals surface area (Å²) >= 11 is 0. The summed E-state index contributed by atoms with van der Waals surface area (Å²) in [5, 5.41) is 8.63. The molecule has 0 amide bonds. The van der Waals surface area contributed by atoms with Gasteiger partial charge in [0.05, 0.1) is 5.52 Å². The molecule has 0 radical (unpaired) electrons. The Bertz CT molecular complexity index is 1310. The number of nitrogens with zero attached hydrogens (tertiary/aromatic N) is 3. The van der Waals surface area contributed by atoms with Crippen LogP contribution in [0.25, 0.3) is 11.0 Å². The second kappa shape index (κ2) is 8.69. The molecule has 0 aliphatic rings. The van der Waals surface area contributed by atoms with Crippen molar-refractivity contribution in [2.24, 2.45) is 0 Å². The Morgan fingerprint density at radius 2 is 1.16 bits per heavy atom. The monoisotopic (exact) mass is 441 g/mol. The van der Waals surface area contributed by atoms with Crippen LogP contribution in [0.5, 0.6) is 11.5 Å². The van der Waals surface area contributed by atoms with Crippen LogP contribution in [0, 0.1) is 0 Å². The molecule has 5 aromatic rings. The number of para-hydroxylation sites is 3. The van der Waals surface area contributed by atoms with Crippen LogP contribution in [-0.4, -0.2) is 15.0 Å². The molecule has 1 heterocycles. The second-order valence-electron chi connectivity index (χ2n) is 7.16. The third kappa shape index (κ3) is 4.01. The molecule has 0 fully saturated rings. The molecule has 4 aromatic carbocycles. The van der Waals surface area contributed by atoms with Crippen molar-refractivity contribution >= 4 is 18.6 Å². The normalized spacial score (nSPS) is 12.4. The van der Waals surface area contributed by atoms with Crippen LogP contribution in [-0.2, 0) is 4.57 Å². The van der Waals surface area contributed by atoms with Gasteiger partial charge in [0, 0.05) is 0 Å². The number of hydrogen-bond acceptors (Lipinski definition) is 5. The van der Waals surface area contributed by atoms with E-state index in [9.17, 15) is 4.57 Å². The molecule has 0 saturated carbocycles. The lowest BCUT2D eigenvalue weighted by Crippen LogP contribution is -2.19. The fourth-order valence-corrected chi connectivity index (χ4v) is 5.57. The van der Waals surface area contributed by atoms with Crippen molar-refractivity contribution in [3.05, 3.63) is 121 Å². The Hall–Kier alpha value is -3.89. The Balaban J connectivity index is 1.71. The van der Waals surface area contributed by atoms with Crippen LogP contribution in [0.15, 0.2) is 115 Å². The van der Waals surface area contributed by atoms with Crippen LogP contribution < -0.4 is 9.05 Å². The van der Waals surface area contributed by atoms with E-state index in [1.165, 1.54) is 0 Å². The van der Waals surface area contributed by atoms with Gasteiger partial charge in [-0.1, -0.05) is 84.1 Å². The predicted octanol–water partition coefficient (Wildman–Crippen LogP) is 6.33. The maximum atomic E-state index is 14.7. The molecule has 0 N–H and O–H groups in total. The summed E-state index contributed by atoms with van der Waals surface area (Å²) in [6.07, 6.45) is 0. The highest BCUT2D eigenvalue weighted by molar-refractivity contribution is 7.55. The molecule has 32 heavy (non-hydrogen) atoms. The van der Waals surface area contributed by atoms with E-state index in [2.05, 4.69) is 10.3 Å². The Morgan fingerprint density at radius 3 is 1.75 bits per heavy atom. The summed E-state index contributed by atoms with van der Waals surface area (Å²) in [7, 11) is -3.93. The zero-order chi connectivity index (χ0) is 21.8. The highest BCUT2D eigenvalue weighted by Gasteiger charge is 2.43. The predicted molar refractivity (Wildman–Crippen MR) is 124 cm³/mol. The zero-order valence-corrected chi connectivity index (χ0v) is 18.0. The lowest BCUT2D eigenvalue weighted by atomic mass is 10.2. The van der Waals surface area contributed by atoms with Gasteiger partial charge in [-0.3, -0.25) is 0 Å². The third-order valence-electron chi connectivity index (χ3n) is 4.96. The molecular weight excluding hydrogens is 421 g/mol. The summed E-state index contributed by atoms with van der Waals surface area (Å²) in [6, 6.07) is 35.0. The molecule has 0 aliphatic heterocycles. The first kappa shape index (κ1) is 20.0. The molecule has 0 bridgehead atoms. The van der Waals surface area contributed by atoms with Gasteiger partial charge in [-0.15, -0.1) is 5.10 Å². The minimum absolute atomic E-state index is 0.442. The number of aromatic nitrogens is 3. The summed E-state index contributed by atoms with van der Waals surface area (Å²) in [4.78, 5) is 0. The molecule has 0 aliphatic carbocycles. The molecule has 6 nitrogen and oxygen atoms in total. The lowest BCUT2D eigenvalue weighted by molar-refractivity contribution is 0.360. The Morgan fingerprint density at radius 1 is 0.656 bits per heavy atom. The van der Waals surface area contributed by atoms with E-state index in [4.69, 9.17) is 9.05 Å². The van der Waals surface area contributed by atoms with E-state index in [0.717, 1.165) is 11.1 Å². The quantitative estimate of drug-likeness (QED) is 0.276. The van der Waals surface area contributed by atoms with Crippen molar-refractivity contribution in [3.63, 3.8) is 0 Å². The van der Waals surface area contributed by atoms with Gasteiger partial charge in [0.15, 0.2) is 0 Å². The van der Waals surface area contributed by atoms with Gasteiger partial charge in [-0.2, -0.15) is 0 Å². The van der Waals surface area contributed by atoms with Crippen molar-refractivity contribution in [1.29, 1.82) is 0 Å². The maximum absolute atomic E-state index is 14.7. The van der Waals surface area contributed by atoms with Gasteiger partial charge in [0.25, 0.3) is 0 Å². The lowest BCUT2D eigenvalue weighted by Gasteiger charge is -2.28. The smallest absolute Gasteiger partial charge is 0.414 e. The fraction of sp³-hybridized carbons (Fsp3) is 0.0400. The number of rotatable bonds is 7. The molecule has 158 valence electrons. The average molecular weight is 441 g/mol. The summed E-state index contributed by atoms with van der Waals surface area (Å²) in [5.41, 5.74) is 2.16. The van der Waals surface area contributed by atoms with E-state index >= 15 is 0 Å². The molecular formula is C25H20N3O3P. The topological polar surface area (TPSA) is 66.2 Å². The number of hydrogen-bond donors (Lipinski definition) is 0. The fourth-order valence-electron chi connectivity index (χ4n) is 3.53. The third-order valence-corrected chi connectivity index (χ3v) is 7.00. The van der Waals surface area contributed by atoms with Crippen molar-refractivity contribution < 1.29 is 13.6 Å². The highest BCUT2D eigenvalue weighted by atomic mass is 31.2. The first-order chi connectivity index (χ1) is 15.7. The second-order valence-corrected chi connectivity index (χ2v) is 9.09.